The van der Waals surface area contributed by atoms with Crippen molar-refractivity contribution in [3.8, 4) is 6.07 Å². The maximum Gasteiger partial charge on any atom is 0.109 e. The van der Waals surface area contributed by atoms with Gasteiger partial charge >= 0.3 is 0 Å². The van der Waals surface area contributed by atoms with E-state index < -0.39 is 5.54 Å². The zero-order chi connectivity index (χ0) is 11.0. The Morgan fingerprint density at radius 3 is 3.13 bits per heavy atom. The van der Waals surface area contributed by atoms with E-state index in [4.69, 9.17) is 15.5 Å². The maximum atomic E-state index is 9.15. The zero-order valence-corrected chi connectivity index (χ0v) is 8.65. The van der Waals surface area contributed by atoms with Crippen molar-refractivity contribution in [1.29, 1.82) is 5.26 Å². The van der Waals surface area contributed by atoms with Crippen LogP contribution in [0.2, 0.25) is 0 Å². The van der Waals surface area contributed by atoms with Gasteiger partial charge in [0.15, 0.2) is 0 Å². The average molecular weight is 209 g/mol. The minimum Gasteiger partial charge on any atom is -0.381 e. The Kier molecular flexibility index (Phi) is 4.91. The van der Waals surface area contributed by atoms with Crippen LogP contribution < -0.4 is 5.32 Å². The molecule has 1 fully saturated rings. The van der Waals surface area contributed by atoms with Crippen LogP contribution in [0.5, 0.6) is 0 Å². The molecule has 82 valence electrons. The lowest BCUT2D eigenvalue weighted by molar-refractivity contribution is 0.140. The summed E-state index contributed by atoms with van der Waals surface area (Å²) in [5.41, 5.74) is 7.62. The lowest BCUT2D eigenvalue weighted by atomic mass is 9.92. The van der Waals surface area contributed by atoms with E-state index >= 15 is 0 Å². The van der Waals surface area contributed by atoms with Crippen LogP contribution in [-0.4, -0.2) is 31.8 Å². The average Bonchev–Trinajstić information content (AvgIpc) is 2.51. The van der Waals surface area contributed by atoms with Crippen molar-refractivity contribution in [3.63, 3.8) is 0 Å². The molecule has 1 aliphatic heterocycles. The molecular formula is C9H15N5O. The van der Waals surface area contributed by atoms with Crippen LogP contribution in [0, 0.1) is 11.3 Å². The van der Waals surface area contributed by atoms with Crippen molar-refractivity contribution in [2.45, 2.75) is 24.8 Å². The number of hydrogen-bond donors (Lipinski definition) is 1. The van der Waals surface area contributed by atoms with E-state index in [9.17, 15) is 0 Å². The second-order valence-corrected chi connectivity index (χ2v) is 3.54. The van der Waals surface area contributed by atoms with Crippen molar-refractivity contribution in [3.05, 3.63) is 10.4 Å². The first-order valence-corrected chi connectivity index (χ1v) is 5.08. The van der Waals surface area contributed by atoms with Crippen LogP contribution in [0.4, 0.5) is 0 Å². The maximum absolute atomic E-state index is 9.15. The molecule has 0 aliphatic carbocycles. The van der Waals surface area contributed by atoms with Crippen LogP contribution in [0.15, 0.2) is 5.11 Å². The molecule has 1 aliphatic rings. The lowest BCUT2D eigenvalue weighted by Gasteiger charge is -2.25. The van der Waals surface area contributed by atoms with Gasteiger partial charge in [-0.1, -0.05) is 5.11 Å². The van der Waals surface area contributed by atoms with Gasteiger partial charge in [0.05, 0.1) is 6.07 Å². The second-order valence-electron chi connectivity index (χ2n) is 3.54. The van der Waals surface area contributed by atoms with Crippen molar-refractivity contribution in [1.82, 2.24) is 5.32 Å². The second kappa shape index (κ2) is 6.25. The highest BCUT2D eigenvalue weighted by Gasteiger charge is 2.30. The van der Waals surface area contributed by atoms with Gasteiger partial charge in [-0.2, -0.15) is 5.26 Å². The number of ether oxygens (including phenoxy) is 1. The summed E-state index contributed by atoms with van der Waals surface area (Å²) in [6, 6.07) is 2.31. The molecule has 15 heavy (non-hydrogen) atoms. The van der Waals surface area contributed by atoms with Crippen LogP contribution in [0.1, 0.15) is 19.3 Å². The van der Waals surface area contributed by atoms with Gasteiger partial charge in [-0.3, -0.25) is 5.32 Å². The number of nitriles is 1. The Labute approximate surface area is 88.8 Å². The van der Waals surface area contributed by atoms with Gasteiger partial charge < -0.3 is 4.74 Å². The third-order valence-corrected chi connectivity index (χ3v) is 2.52. The molecule has 0 spiro atoms. The van der Waals surface area contributed by atoms with E-state index in [2.05, 4.69) is 21.4 Å². The predicted molar refractivity (Wildman–Crippen MR) is 55.0 cm³/mol. The first kappa shape index (κ1) is 11.8. The summed E-state index contributed by atoms with van der Waals surface area (Å²) in [7, 11) is 0. The Morgan fingerprint density at radius 2 is 2.40 bits per heavy atom. The van der Waals surface area contributed by atoms with Gasteiger partial charge in [0, 0.05) is 37.6 Å². The van der Waals surface area contributed by atoms with Crippen molar-refractivity contribution in [2.75, 3.05) is 26.3 Å². The summed E-state index contributed by atoms with van der Waals surface area (Å²) < 4.78 is 5.31. The fourth-order valence-electron chi connectivity index (χ4n) is 1.67. The topological polar surface area (TPSA) is 93.8 Å². The van der Waals surface area contributed by atoms with Crippen molar-refractivity contribution < 1.29 is 4.74 Å². The molecule has 1 unspecified atom stereocenters. The number of nitrogens with zero attached hydrogens (tertiary/aromatic N) is 4. The summed E-state index contributed by atoms with van der Waals surface area (Å²) in [6.07, 6.45) is 2.38. The molecule has 1 N–H and O–H groups in total. The highest BCUT2D eigenvalue weighted by Crippen LogP contribution is 2.20. The summed E-state index contributed by atoms with van der Waals surface area (Å²) >= 11 is 0. The smallest absolute Gasteiger partial charge is 0.109 e. The molecular weight excluding hydrogens is 194 g/mol. The minimum absolute atomic E-state index is 0.376. The number of rotatable bonds is 4. The van der Waals surface area contributed by atoms with E-state index in [0.717, 1.165) is 19.4 Å². The highest BCUT2D eigenvalue weighted by atomic mass is 16.5. The van der Waals surface area contributed by atoms with Crippen molar-refractivity contribution in [2.24, 2.45) is 5.11 Å². The minimum atomic E-state index is -0.499. The van der Waals surface area contributed by atoms with E-state index in [0.29, 0.717) is 26.1 Å². The molecule has 0 radical (unpaired) electrons. The van der Waals surface area contributed by atoms with Crippen LogP contribution in [0.25, 0.3) is 10.4 Å². The molecule has 0 saturated carbocycles. The third-order valence-electron chi connectivity index (χ3n) is 2.52. The van der Waals surface area contributed by atoms with E-state index in [1.54, 1.807) is 0 Å². The Bertz CT molecular complexity index is 271. The van der Waals surface area contributed by atoms with E-state index in [1.165, 1.54) is 0 Å². The molecule has 0 bridgehead atoms. The highest BCUT2D eigenvalue weighted by molar-refractivity contribution is 5.07. The van der Waals surface area contributed by atoms with E-state index in [1.807, 2.05) is 0 Å². The first-order chi connectivity index (χ1) is 7.33. The molecule has 6 heteroatoms. The number of azide groups is 1. The molecule has 0 aromatic heterocycles. The van der Waals surface area contributed by atoms with Crippen LogP contribution >= 0.6 is 0 Å². The summed E-state index contributed by atoms with van der Waals surface area (Å²) in [6.45, 7) is 2.25. The quantitative estimate of drug-likeness (QED) is 0.327. The molecule has 6 nitrogen and oxygen atoms in total. The SMILES string of the molecule is N#CC1(NCCN=[N+]=[N-])CCCOCC1. The normalized spacial score (nSPS) is 26.1. The van der Waals surface area contributed by atoms with Crippen molar-refractivity contribution >= 4 is 0 Å². The zero-order valence-electron chi connectivity index (χ0n) is 8.65. The first-order valence-electron chi connectivity index (χ1n) is 5.08. The molecule has 1 atom stereocenters. The fraction of sp³-hybridized carbons (Fsp3) is 0.889. The van der Waals surface area contributed by atoms with E-state index in [-0.39, 0.29) is 0 Å². The van der Waals surface area contributed by atoms with Gasteiger partial charge in [0.1, 0.15) is 5.54 Å². The largest absolute Gasteiger partial charge is 0.381 e. The molecule has 0 aromatic carbocycles. The molecule has 0 amide bonds. The molecule has 1 saturated heterocycles. The Morgan fingerprint density at radius 1 is 1.53 bits per heavy atom. The molecule has 0 aromatic rings. The third kappa shape index (κ3) is 3.76. The standard InChI is InChI=1S/C9H15N5O/c10-8-9(12-4-5-13-14-11)2-1-6-15-7-3-9/h12H,1-7H2. The lowest BCUT2D eigenvalue weighted by Crippen LogP contribution is -2.45. The van der Waals surface area contributed by atoms with Gasteiger partial charge in [0.25, 0.3) is 0 Å². The van der Waals surface area contributed by atoms with Gasteiger partial charge in [-0.15, -0.1) is 0 Å². The predicted octanol–water partition coefficient (Wildman–Crippen LogP) is 1.35. The van der Waals surface area contributed by atoms with Gasteiger partial charge in [0.2, 0.25) is 0 Å². The number of nitrogens with one attached hydrogen (secondary N) is 1. The number of hydrogen-bond acceptors (Lipinski definition) is 4. The molecule has 1 heterocycles. The summed E-state index contributed by atoms with van der Waals surface area (Å²) in [5, 5.41) is 15.7. The Hall–Kier alpha value is -1.28. The fourth-order valence-corrected chi connectivity index (χ4v) is 1.67. The summed E-state index contributed by atoms with van der Waals surface area (Å²) in [5.74, 6) is 0. The monoisotopic (exact) mass is 209 g/mol. The van der Waals surface area contributed by atoms with Crippen LogP contribution in [-0.2, 0) is 4.74 Å². The Balaban J connectivity index is 2.44. The van der Waals surface area contributed by atoms with Gasteiger partial charge in [-0.25, -0.2) is 0 Å². The van der Waals surface area contributed by atoms with Crippen LogP contribution in [0.3, 0.4) is 0 Å². The van der Waals surface area contributed by atoms with Gasteiger partial charge in [-0.05, 0) is 18.4 Å². The summed E-state index contributed by atoms with van der Waals surface area (Å²) in [4.78, 5) is 2.66. The molecule has 1 rings (SSSR count).